The summed E-state index contributed by atoms with van der Waals surface area (Å²) in [6.45, 7) is 2.70. The summed E-state index contributed by atoms with van der Waals surface area (Å²) in [7, 11) is 2.24. The lowest BCUT2D eigenvalue weighted by Gasteiger charge is -2.43. The third-order valence-corrected chi connectivity index (χ3v) is 6.58. The van der Waals surface area contributed by atoms with Gasteiger partial charge in [0.1, 0.15) is 5.75 Å². The first-order valence-corrected chi connectivity index (χ1v) is 9.88. The Kier molecular flexibility index (Phi) is 4.92. The smallest absolute Gasteiger partial charge is 0.227 e. The zero-order chi connectivity index (χ0) is 18.9. The topological polar surface area (TPSA) is 43.8 Å². The van der Waals surface area contributed by atoms with Gasteiger partial charge in [0.2, 0.25) is 5.91 Å². The maximum Gasteiger partial charge on any atom is 0.227 e. The van der Waals surface area contributed by atoms with Gasteiger partial charge in [0, 0.05) is 30.7 Å². The number of carbonyl (C=O) groups is 1. The van der Waals surface area contributed by atoms with Crippen LogP contribution in [-0.4, -0.2) is 53.0 Å². The molecule has 2 aliphatic heterocycles. The quantitative estimate of drug-likeness (QED) is 0.908. The van der Waals surface area contributed by atoms with Crippen molar-refractivity contribution in [2.24, 2.45) is 0 Å². The highest BCUT2D eigenvalue weighted by molar-refractivity contribution is 5.79. The fraction of sp³-hybridized carbons (Fsp3) is 0.435. The van der Waals surface area contributed by atoms with E-state index in [0.29, 0.717) is 11.5 Å². The monoisotopic (exact) mass is 364 g/mol. The average molecular weight is 364 g/mol. The van der Waals surface area contributed by atoms with Gasteiger partial charge in [-0.1, -0.05) is 48.5 Å². The lowest BCUT2D eigenvalue weighted by atomic mass is 9.81. The lowest BCUT2D eigenvalue weighted by Crippen LogP contribution is -2.52. The van der Waals surface area contributed by atoms with Crippen LogP contribution < -0.4 is 0 Å². The minimum Gasteiger partial charge on any atom is -0.508 e. The van der Waals surface area contributed by atoms with Crippen molar-refractivity contribution < 1.29 is 9.90 Å². The molecule has 2 aromatic rings. The first kappa shape index (κ1) is 18.1. The molecule has 2 aromatic carbocycles. The normalized spacial score (nSPS) is 22.3. The van der Waals surface area contributed by atoms with E-state index in [9.17, 15) is 9.90 Å². The summed E-state index contributed by atoms with van der Waals surface area (Å²) < 4.78 is 0. The third-order valence-electron chi connectivity index (χ3n) is 6.58. The first-order valence-electron chi connectivity index (χ1n) is 9.88. The molecule has 4 heteroatoms. The van der Waals surface area contributed by atoms with E-state index >= 15 is 0 Å². The molecule has 142 valence electrons. The van der Waals surface area contributed by atoms with Gasteiger partial charge in [-0.3, -0.25) is 9.69 Å². The molecule has 2 fully saturated rings. The molecule has 1 amide bonds. The molecule has 0 aliphatic carbocycles. The molecule has 27 heavy (non-hydrogen) atoms. The van der Waals surface area contributed by atoms with Crippen molar-refractivity contribution in [2.45, 2.75) is 37.1 Å². The Labute approximate surface area is 161 Å². The molecule has 0 saturated carbocycles. The number of hydrogen-bond donors (Lipinski definition) is 1. The van der Waals surface area contributed by atoms with E-state index in [-0.39, 0.29) is 23.6 Å². The molecule has 1 unspecified atom stereocenters. The number of amides is 1. The van der Waals surface area contributed by atoms with Crippen molar-refractivity contribution in [3.63, 3.8) is 0 Å². The summed E-state index contributed by atoms with van der Waals surface area (Å²) in [4.78, 5) is 17.2. The second-order valence-electron chi connectivity index (χ2n) is 8.10. The molecule has 1 N–H and O–H groups in total. The molecule has 0 radical (unpaired) electrons. The first-order chi connectivity index (χ1) is 13.1. The maximum absolute atomic E-state index is 12.7. The number of hydrogen-bond acceptors (Lipinski definition) is 3. The van der Waals surface area contributed by atoms with Crippen LogP contribution in [0.5, 0.6) is 5.75 Å². The highest BCUT2D eigenvalue weighted by atomic mass is 16.3. The zero-order valence-corrected chi connectivity index (χ0v) is 16.0. The number of phenolic OH excluding ortho intramolecular Hbond substituents is 1. The summed E-state index contributed by atoms with van der Waals surface area (Å²) in [6, 6.07) is 17.9. The fourth-order valence-corrected chi connectivity index (χ4v) is 4.84. The van der Waals surface area contributed by atoms with Crippen molar-refractivity contribution in [3.8, 4) is 5.75 Å². The molecule has 2 heterocycles. The Bertz CT molecular complexity index is 797. The van der Waals surface area contributed by atoms with E-state index in [1.165, 1.54) is 12.0 Å². The van der Waals surface area contributed by atoms with Gasteiger partial charge >= 0.3 is 0 Å². The van der Waals surface area contributed by atoms with Crippen LogP contribution in [0.1, 0.15) is 36.3 Å². The van der Waals surface area contributed by atoms with Crippen molar-refractivity contribution >= 4 is 5.91 Å². The number of likely N-dealkylation sites (tertiary alicyclic amines) is 2. The van der Waals surface area contributed by atoms with Crippen molar-refractivity contribution in [1.82, 2.24) is 9.80 Å². The maximum atomic E-state index is 12.7. The van der Waals surface area contributed by atoms with Gasteiger partial charge in [0.15, 0.2) is 0 Å². The summed E-state index contributed by atoms with van der Waals surface area (Å²) >= 11 is 0. The summed E-state index contributed by atoms with van der Waals surface area (Å²) in [6.07, 6.45) is 3.51. The second-order valence-corrected chi connectivity index (χ2v) is 8.10. The van der Waals surface area contributed by atoms with E-state index in [4.69, 9.17) is 0 Å². The predicted molar refractivity (Wildman–Crippen MR) is 107 cm³/mol. The Hall–Kier alpha value is -2.33. The van der Waals surface area contributed by atoms with E-state index in [1.54, 1.807) is 12.1 Å². The zero-order valence-electron chi connectivity index (χ0n) is 16.0. The van der Waals surface area contributed by atoms with Crippen LogP contribution in [0.2, 0.25) is 0 Å². The number of benzene rings is 2. The predicted octanol–water partition coefficient (Wildman–Crippen LogP) is 3.42. The Balaban J connectivity index is 1.38. The molecule has 4 nitrogen and oxygen atoms in total. The fourth-order valence-electron chi connectivity index (χ4n) is 4.84. The number of nitrogens with zero attached hydrogens (tertiary/aromatic N) is 2. The molecule has 2 saturated heterocycles. The molecule has 1 spiro atoms. The highest BCUT2D eigenvalue weighted by Gasteiger charge is 2.46. The molecule has 1 atom stereocenters. The van der Waals surface area contributed by atoms with E-state index < -0.39 is 0 Å². The van der Waals surface area contributed by atoms with Gasteiger partial charge in [0.25, 0.3) is 0 Å². The highest BCUT2D eigenvalue weighted by Crippen LogP contribution is 2.44. The van der Waals surface area contributed by atoms with Crippen molar-refractivity contribution in [3.05, 3.63) is 65.7 Å². The Morgan fingerprint density at radius 1 is 1.07 bits per heavy atom. The van der Waals surface area contributed by atoms with Gasteiger partial charge in [0.05, 0.1) is 6.42 Å². The molecular formula is C23H28N2O2. The number of piperidine rings is 1. The number of rotatable bonds is 3. The van der Waals surface area contributed by atoms with Gasteiger partial charge in [-0.05, 0) is 43.9 Å². The standard InChI is InChI=1S/C23H28N2O2/c1-24-17-20(18-7-3-2-4-8-18)16-23(24)11-13-25(14-12-23)22(27)15-19-9-5-6-10-21(19)26/h2-10,20,26H,11-17H2,1H3. The molecular weight excluding hydrogens is 336 g/mol. The minimum absolute atomic E-state index is 0.117. The van der Waals surface area contributed by atoms with E-state index in [1.807, 2.05) is 17.0 Å². The summed E-state index contributed by atoms with van der Waals surface area (Å²) in [5, 5.41) is 9.92. The van der Waals surface area contributed by atoms with Crippen molar-refractivity contribution in [2.75, 3.05) is 26.7 Å². The van der Waals surface area contributed by atoms with Crippen LogP contribution in [-0.2, 0) is 11.2 Å². The van der Waals surface area contributed by atoms with Gasteiger partial charge in [-0.15, -0.1) is 0 Å². The number of para-hydroxylation sites is 1. The second kappa shape index (κ2) is 7.35. The molecule has 2 aliphatic rings. The minimum atomic E-state index is 0.117. The molecule has 4 rings (SSSR count). The van der Waals surface area contributed by atoms with Crippen LogP contribution in [0.25, 0.3) is 0 Å². The van der Waals surface area contributed by atoms with E-state index in [2.05, 4.69) is 42.3 Å². The van der Waals surface area contributed by atoms with Gasteiger partial charge < -0.3 is 10.0 Å². The lowest BCUT2D eigenvalue weighted by molar-refractivity contribution is -0.132. The number of phenols is 1. The molecule has 0 aromatic heterocycles. The van der Waals surface area contributed by atoms with Crippen LogP contribution in [0.4, 0.5) is 0 Å². The van der Waals surface area contributed by atoms with Crippen LogP contribution in [0.3, 0.4) is 0 Å². The number of carbonyl (C=O) groups excluding carboxylic acids is 1. The van der Waals surface area contributed by atoms with Gasteiger partial charge in [-0.2, -0.15) is 0 Å². The Morgan fingerprint density at radius 2 is 1.74 bits per heavy atom. The summed E-state index contributed by atoms with van der Waals surface area (Å²) in [5.74, 6) is 0.909. The summed E-state index contributed by atoms with van der Waals surface area (Å²) in [5.41, 5.74) is 2.36. The van der Waals surface area contributed by atoms with Gasteiger partial charge in [-0.25, -0.2) is 0 Å². The third kappa shape index (κ3) is 3.59. The van der Waals surface area contributed by atoms with Crippen LogP contribution in [0, 0.1) is 0 Å². The van der Waals surface area contributed by atoms with E-state index in [0.717, 1.165) is 32.5 Å². The van der Waals surface area contributed by atoms with Crippen LogP contribution in [0.15, 0.2) is 54.6 Å². The van der Waals surface area contributed by atoms with Crippen LogP contribution >= 0.6 is 0 Å². The average Bonchev–Trinajstić information content (AvgIpc) is 3.01. The number of likely N-dealkylation sites (N-methyl/N-ethyl adjacent to an activating group) is 1. The largest absolute Gasteiger partial charge is 0.508 e. The SMILES string of the molecule is CN1CC(c2ccccc2)CC12CCN(C(=O)Cc1ccccc1O)CC2. The number of aromatic hydroxyl groups is 1. The Morgan fingerprint density at radius 3 is 2.44 bits per heavy atom. The molecule has 0 bridgehead atoms. The van der Waals surface area contributed by atoms with Crippen molar-refractivity contribution in [1.29, 1.82) is 0 Å².